The lowest BCUT2D eigenvalue weighted by Crippen LogP contribution is -2.22. The number of rotatable bonds is 7. The lowest BCUT2D eigenvalue weighted by atomic mass is 10.0. The number of hydrogen-bond donors (Lipinski definition) is 1. The van der Waals surface area contributed by atoms with Crippen LogP contribution in [0.1, 0.15) is 21.6 Å². The summed E-state index contributed by atoms with van der Waals surface area (Å²) in [6, 6.07) is 12.7. The molecule has 1 N–H and O–H groups in total. The van der Waals surface area contributed by atoms with Gasteiger partial charge in [0.15, 0.2) is 6.61 Å². The number of hydrogen-bond acceptors (Lipinski definition) is 7. The minimum Gasteiger partial charge on any atom is -0.452 e. The van der Waals surface area contributed by atoms with E-state index in [9.17, 15) is 19.7 Å². The number of nitrogens with one attached hydrogen (secondary N) is 1. The number of methoxy groups -OCH3 is 1. The normalized spacial score (nSPS) is 10.6. The third-order valence-electron chi connectivity index (χ3n) is 4.41. The van der Waals surface area contributed by atoms with Crippen molar-refractivity contribution in [2.75, 3.05) is 19.0 Å². The van der Waals surface area contributed by atoms with Crippen LogP contribution >= 0.6 is 0 Å². The van der Waals surface area contributed by atoms with Gasteiger partial charge in [-0.3, -0.25) is 14.9 Å². The van der Waals surface area contributed by atoms with Crippen molar-refractivity contribution in [3.05, 3.63) is 75.5 Å². The van der Waals surface area contributed by atoms with E-state index in [0.29, 0.717) is 16.9 Å². The second-order valence-corrected chi connectivity index (χ2v) is 6.44. The molecule has 1 aromatic heterocycles. The van der Waals surface area contributed by atoms with Gasteiger partial charge in [0.2, 0.25) is 0 Å². The highest BCUT2D eigenvalue weighted by Gasteiger charge is 2.21. The predicted molar refractivity (Wildman–Crippen MR) is 109 cm³/mol. The fourth-order valence-corrected chi connectivity index (χ4v) is 3.02. The average molecular weight is 409 g/mol. The monoisotopic (exact) mass is 409 g/mol. The van der Waals surface area contributed by atoms with Gasteiger partial charge < -0.3 is 14.8 Å². The number of aryl methyl sites for hydroxylation is 1. The minimum absolute atomic E-state index is 0.0932. The summed E-state index contributed by atoms with van der Waals surface area (Å²) in [6.07, 6.45) is 0. The van der Waals surface area contributed by atoms with Crippen molar-refractivity contribution in [1.82, 2.24) is 4.98 Å². The van der Waals surface area contributed by atoms with E-state index in [1.165, 1.54) is 31.4 Å². The number of pyridine rings is 1. The molecule has 3 aromatic rings. The van der Waals surface area contributed by atoms with Gasteiger partial charge in [0.1, 0.15) is 0 Å². The molecule has 1 heterocycles. The van der Waals surface area contributed by atoms with Crippen molar-refractivity contribution in [2.45, 2.75) is 13.5 Å². The Hall–Kier alpha value is -3.85. The van der Waals surface area contributed by atoms with Gasteiger partial charge in [-0.05, 0) is 30.7 Å². The van der Waals surface area contributed by atoms with E-state index < -0.39 is 23.4 Å². The Morgan fingerprint density at radius 2 is 1.83 bits per heavy atom. The maximum atomic E-state index is 12.7. The van der Waals surface area contributed by atoms with Gasteiger partial charge in [0.05, 0.1) is 28.3 Å². The summed E-state index contributed by atoms with van der Waals surface area (Å²) in [4.78, 5) is 39.4. The second kappa shape index (κ2) is 9.10. The fourth-order valence-electron chi connectivity index (χ4n) is 3.02. The van der Waals surface area contributed by atoms with Gasteiger partial charge in [-0.25, -0.2) is 9.78 Å². The zero-order valence-corrected chi connectivity index (χ0v) is 16.4. The van der Waals surface area contributed by atoms with E-state index in [-0.39, 0.29) is 17.9 Å². The number of non-ortho nitro benzene ring substituents is 1. The zero-order valence-electron chi connectivity index (χ0n) is 16.4. The maximum absolute atomic E-state index is 12.7. The molecule has 0 unspecified atom stereocenters. The quantitative estimate of drug-likeness (QED) is 0.361. The molecule has 0 spiro atoms. The molecule has 9 heteroatoms. The lowest BCUT2D eigenvalue weighted by Gasteiger charge is -2.14. The summed E-state index contributed by atoms with van der Waals surface area (Å²) >= 11 is 0. The summed E-state index contributed by atoms with van der Waals surface area (Å²) in [6.45, 7) is 1.39. The van der Waals surface area contributed by atoms with Gasteiger partial charge in [-0.2, -0.15) is 0 Å². The Labute approximate surface area is 171 Å². The molecule has 0 aliphatic rings. The smallest absolute Gasteiger partial charge is 0.340 e. The van der Waals surface area contributed by atoms with Crippen LogP contribution in [0.25, 0.3) is 10.9 Å². The maximum Gasteiger partial charge on any atom is 0.340 e. The topological polar surface area (TPSA) is 121 Å². The molecule has 0 radical (unpaired) electrons. The van der Waals surface area contributed by atoms with Crippen LogP contribution in [0.2, 0.25) is 0 Å². The second-order valence-electron chi connectivity index (χ2n) is 6.44. The van der Waals surface area contributed by atoms with Crippen LogP contribution in [0.15, 0.2) is 48.5 Å². The first kappa shape index (κ1) is 20.9. The van der Waals surface area contributed by atoms with Gasteiger partial charge in [0.25, 0.3) is 11.6 Å². The molecule has 0 bridgehead atoms. The third kappa shape index (κ3) is 4.58. The van der Waals surface area contributed by atoms with Crippen LogP contribution in [0.3, 0.4) is 0 Å². The number of ether oxygens (including phenoxy) is 2. The van der Waals surface area contributed by atoms with Gasteiger partial charge in [-0.15, -0.1) is 0 Å². The van der Waals surface area contributed by atoms with Crippen LogP contribution in [0.4, 0.5) is 11.4 Å². The predicted octanol–water partition coefficient (Wildman–Crippen LogP) is 3.39. The van der Waals surface area contributed by atoms with Crippen molar-refractivity contribution in [2.24, 2.45) is 0 Å². The summed E-state index contributed by atoms with van der Waals surface area (Å²) < 4.78 is 10.3. The number of anilines is 1. The average Bonchev–Trinajstić information content (AvgIpc) is 2.73. The number of aromatic nitrogens is 1. The summed E-state index contributed by atoms with van der Waals surface area (Å²) in [7, 11) is 1.50. The number of benzene rings is 2. The Balaban J connectivity index is 1.73. The SMILES string of the molecule is COCc1nc2ccccc2c(C)c1C(=O)OCC(=O)Nc1ccc([N+](=O)[O-])cc1. The van der Waals surface area contributed by atoms with E-state index in [1.54, 1.807) is 6.92 Å². The summed E-state index contributed by atoms with van der Waals surface area (Å²) in [5.74, 6) is -1.26. The molecule has 0 atom stereocenters. The van der Waals surface area contributed by atoms with Crippen LogP contribution in [0.5, 0.6) is 0 Å². The fraction of sp³-hybridized carbons (Fsp3) is 0.190. The van der Waals surface area contributed by atoms with Crippen LogP contribution in [-0.4, -0.2) is 35.5 Å². The molecule has 3 rings (SSSR count). The number of carbonyl (C=O) groups is 2. The first-order chi connectivity index (χ1) is 14.4. The van der Waals surface area contributed by atoms with Crippen molar-refractivity contribution in [3.8, 4) is 0 Å². The van der Waals surface area contributed by atoms with Crippen molar-refractivity contribution >= 4 is 34.2 Å². The van der Waals surface area contributed by atoms with Gasteiger partial charge in [-0.1, -0.05) is 18.2 Å². The van der Waals surface area contributed by atoms with Crippen molar-refractivity contribution in [1.29, 1.82) is 0 Å². The molecule has 9 nitrogen and oxygen atoms in total. The molecule has 30 heavy (non-hydrogen) atoms. The van der Waals surface area contributed by atoms with Crippen LogP contribution in [0, 0.1) is 17.0 Å². The highest BCUT2D eigenvalue weighted by atomic mass is 16.6. The zero-order chi connectivity index (χ0) is 21.7. The van der Waals surface area contributed by atoms with E-state index in [0.717, 1.165) is 10.9 Å². The lowest BCUT2D eigenvalue weighted by molar-refractivity contribution is -0.384. The Kier molecular flexibility index (Phi) is 6.33. The molecule has 0 fully saturated rings. The first-order valence-corrected chi connectivity index (χ1v) is 8.99. The molecule has 0 aliphatic heterocycles. The van der Waals surface area contributed by atoms with Crippen molar-refractivity contribution < 1.29 is 24.0 Å². The largest absolute Gasteiger partial charge is 0.452 e. The van der Waals surface area contributed by atoms with Crippen molar-refractivity contribution in [3.63, 3.8) is 0 Å². The Morgan fingerprint density at radius 1 is 1.13 bits per heavy atom. The van der Waals surface area contributed by atoms with E-state index in [2.05, 4.69) is 10.3 Å². The number of nitrogens with zero attached hydrogens (tertiary/aromatic N) is 2. The van der Waals surface area contributed by atoms with Gasteiger partial charge in [0, 0.05) is 30.3 Å². The number of esters is 1. The number of fused-ring (bicyclic) bond motifs is 1. The number of nitro benzene ring substituents is 1. The molecule has 1 amide bonds. The Bertz CT molecular complexity index is 1110. The number of carbonyl (C=O) groups excluding carboxylic acids is 2. The highest BCUT2D eigenvalue weighted by molar-refractivity contribution is 6.00. The molecular formula is C21H19N3O6. The Morgan fingerprint density at radius 3 is 2.50 bits per heavy atom. The number of para-hydroxylation sites is 1. The summed E-state index contributed by atoms with van der Waals surface area (Å²) in [5.41, 5.74) is 2.37. The van der Waals surface area contributed by atoms with Crippen LogP contribution in [-0.2, 0) is 20.9 Å². The van der Waals surface area contributed by atoms with E-state index in [4.69, 9.17) is 9.47 Å². The number of amides is 1. The molecule has 154 valence electrons. The molecule has 0 saturated carbocycles. The van der Waals surface area contributed by atoms with Crippen LogP contribution < -0.4 is 5.32 Å². The minimum atomic E-state index is -0.684. The standard InChI is InChI=1S/C21H19N3O6/c1-13-16-5-3-4-6-17(16)23-18(11-29-2)20(13)21(26)30-12-19(25)22-14-7-9-15(10-8-14)24(27)28/h3-10H,11-12H2,1-2H3,(H,22,25). The molecule has 0 saturated heterocycles. The number of nitro groups is 1. The molecular weight excluding hydrogens is 390 g/mol. The molecule has 2 aromatic carbocycles. The molecule has 0 aliphatic carbocycles. The van der Waals surface area contributed by atoms with E-state index in [1.807, 2.05) is 24.3 Å². The first-order valence-electron chi connectivity index (χ1n) is 8.99. The highest BCUT2D eigenvalue weighted by Crippen LogP contribution is 2.24. The third-order valence-corrected chi connectivity index (χ3v) is 4.41. The summed E-state index contributed by atoms with van der Waals surface area (Å²) in [5, 5.41) is 14.0. The van der Waals surface area contributed by atoms with Gasteiger partial charge >= 0.3 is 5.97 Å². The van der Waals surface area contributed by atoms with E-state index >= 15 is 0 Å².